The topological polar surface area (TPSA) is 60.0 Å². The lowest BCUT2D eigenvalue weighted by atomic mass is 9.53. The molecule has 0 spiro atoms. The van der Waals surface area contributed by atoms with Gasteiger partial charge in [0.2, 0.25) is 5.75 Å². The molecule has 0 aliphatic heterocycles. The Morgan fingerprint density at radius 1 is 1.04 bits per heavy atom. The Morgan fingerprint density at radius 2 is 1.58 bits per heavy atom. The van der Waals surface area contributed by atoms with E-state index in [1.165, 1.54) is 38.5 Å². The van der Waals surface area contributed by atoms with Gasteiger partial charge in [0.25, 0.3) is 0 Å². The summed E-state index contributed by atoms with van der Waals surface area (Å²) in [6.45, 7) is 0.791. The van der Waals surface area contributed by atoms with Crippen molar-refractivity contribution in [2.75, 3.05) is 27.4 Å². The van der Waals surface area contributed by atoms with Gasteiger partial charge < -0.3 is 24.6 Å². The van der Waals surface area contributed by atoms with Gasteiger partial charge in [-0.2, -0.15) is 0 Å². The van der Waals surface area contributed by atoms with Gasteiger partial charge in [-0.15, -0.1) is 0 Å². The molecule has 0 amide bonds. The van der Waals surface area contributed by atoms with Crippen LogP contribution < -0.4 is 19.5 Å². The number of nitrogens with one attached hydrogen (secondary N) is 1. The quantitative estimate of drug-likeness (QED) is 0.745. The zero-order valence-electron chi connectivity index (χ0n) is 15.9. The maximum atomic E-state index is 10.5. The largest absolute Gasteiger partial charge is 0.493 e. The fourth-order valence-electron chi connectivity index (χ4n) is 5.86. The minimum atomic E-state index is -0.558. The van der Waals surface area contributed by atoms with Crippen LogP contribution in [0.25, 0.3) is 0 Å². The highest BCUT2D eigenvalue weighted by molar-refractivity contribution is 5.51. The number of aliphatic hydroxyl groups excluding tert-OH is 1. The summed E-state index contributed by atoms with van der Waals surface area (Å²) < 4.78 is 16.5. The summed E-state index contributed by atoms with van der Waals surface area (Å²) in [4.78, 5) is 0. The highest BCUT2D eigenvalue weighted by atomic mass is 16.5. The lowest BCUT2D eigenvalue weighted by Crippen LogP contribution is -2.59. The van der Waals surface area contributed by atoms with E-state index in [1.807, 2.05) is 18.2 Å². The molecule has 1 aromatic carbocycles. The number of benzene rings is 1. The van der Waals surface area contributed by atoms with Crippen LogP contribution >= 0.6 is 0 Å². The van der Waals surface area contributed by atoms with Gasteiger partial charge >= 0.3 is 0 Å². The van der Waals surface area contributed by atoms with E-state index < -0.39 is 6.10 Å². The second kappa shape index (κ2) is 7.28. The predicted molar refractivity (Wildman–Crippen MR) is 100.0 cm³/mol. The van der Waals surface area contributed by atoms with E-state index in [-0.39, 0.29) is 12.1 Å². The lowest BCUT2D eigenvalue weighted by Gasteiger charge is -2.57. The van der Waals surface area contributed by atoms with Crippen LogP contribution in [-0.2, 0) is 0 Å². The molecule has 0 aromatic heterocycles. The Balaban J connectivity index is 1.32. The number of para-hydroxylation sites is 1. The van der Waals surface area contributed by atoms with Crippen molar-refractivity contribution in [2.24, 2.45) is 17.8 Å². The van der Waals surface area contributed by atoms with Crippen LogP contribution in [0.1, 0.15) is 38.5 Å². The third kappa shape index (κ3) is 3.52. The number of ether oxygens (including phenoxy) is 3. The van der Waals surface area contributed by atoms with E-state index in [9.17, 15) is 5.11 Å². The summed E-state index contributed by atoms with van der Waals surface area (Å²) in [5.41, 5.74) is 0.262. The van der Waals surface area contributed by atoms with Gasteiger partial charge in [-0.3, -0.25) is 0 Å². The Labute approximate surface area is 156 Å². The second-order valence-corrected chi connectivity index (χ2v) is 8.54. The number of rotatable bonds is 8. The summed E-state index contributed by atoms with van der Waals surface area (Å²) in [5, 5.41) is 14.2. The minimum absolute atomic E-state index is 0.218. The minimum Gasteiger partial charge on any atom is -0.493 e. The molecule has 5 nitrogen and oxygen atoms in total. The third-order valence-electron chi connectivity index (χ3n) is 6.55. The molecule has 26 heavy (non-hydrogen) atoms. The highest BCUT2D eigenvalue weighted by Crippen LogP contribution is 2.55. The van der Waals surface area contributed by atoms with Gasteiger partial charge in [0.15, 0.2) is 11.5 Å². The van der Waals surface area contributed by atoms with E-state index >= 15 is 0 Å². The first-order chi connectivity index (χ1) is 12.6. The molecule has 0 saturated heterocycles. The Morgan fingerprint density at radius 3 is 2.08 bits per heavy atom. The number of hydrogen-bond donors (Lipinski definition) is 2. The fraction of sp³-hybridized carbons (Fsp3) is 0.714. The van der Waals surface area contributed by atoms with Crippen LogP contribution in [0.15, 0.2) is 18.2 Å². The van der Waals surface area contributed by atoms with Crippen LogP contribution in [0, 0.1) is 17.8 Å². The normalized spacial score (nSPS) is 33.1. The number of aliphatic hydroxyl groups is 1. The molecule has 1 unspecified atom stereocenters. The maximum absolute atomic E-state index is 10.5. The molecule has 4 fully saturated rings. The van der Waals surface area contributed by atoms with E-state index in [2.05, 4.69) is 5.32 Å². The van der Waals surface area contributed by atoms with Gasteiger partial charge in [0, 0.05) is 12.1 Å². The summed E-state index contributed by atoms with van der Waals surface area (Å²) in [6, 6.07) is 5.52. The van der Waals surface area contributed by atoms with Crippen molar-refractivity contribution in [1.82, 2.24) is 5.32 Å². The number of hydrogen-bond acceptors (Lipinski definition) is 5. The lowest BCUT2D eigenvalue weighted by molar-refractivity contribution is -0.0267. The van der Waals surface area contributed by atoms with E-state index in [0.29, 0.717) is 23.8 Å². The molecule has 5 heteroatoms. The molecule has 4 aliphatic carbocycles. The molecule has 4 saturated carbocycles. The molecular formula is C21H31NO4. The smallest absolute Gasteiger partial charge is 0.203 e. The van der Waals surface area contributed by atoms with Crippen LogP contribution in [0.2, 0.25) is 0 Å². The average Bonchev–Trinajstić information content (AvgIpc) is 2.63. The first-order valence-corrected chi connectivity index (χ1v) is 9.87. The average molecular weight is 361 g/mol. The van der Waals surface area contributed by atoms with Crippen LogP contribution in [-0.4, -0.2) is 44.1 Å². The van der Waals surface area contributed by atoms with Gasteiger partial charge in [-0.25, -0.2) is 0 Å². The van der Waals surface area contributed by atoms with E-state index in [4.69, 9.17) is 14.2 Å². The summed E-state index contributed by atoms with van der Waals surface area (Å²) in [6.07, 6.45) is 7.59. The SMILES string of the molecule is COc1cccc(OC)c1OCC(O)CNC12CC3CC(CC(C3)C1)C2. The molecular weight excluding hydrogens is 330 g/mol. The molecule has 0 radical (unpaired) electrons. The Hall–Kier alpha value is -1.46. The fourth-order valence-corrected chi connectivity index (χ4v) is 5.86. The van der Waals surface area contributed by atoms with Crippen molar-refractivity contribution >= 4 is 0 Å². The van der Waals surface area contributed by atoms with Crippen molar-refractivity contribution in [2.45, 2.75) is 50.2 Å². The third-order valence-corrected chi connectivity index (χ3v) is 6.55. The van der Waals surface area contributed by atoms with Crippen molar-refractivity contribution in [3.05, 3.63) is 18.2 Å². The molecule has 4 aliphatic rings. The Bertz CT molecular complexity index is 575. The van der Waals surface area contributed by atoms with Gasteiger partial charge in [-0.05, 0) is 68.4 Å². The van der Waals surface area contributed by atoms with Crippen molar-refractivity contribution in [1.29, 1.82) is 0 Å². The van der Waals surface area contributed by atoms with Crippen molar-refractivity contribution < 1.29 is 19.3 Å². The van der Waals surface area contributed by atoms with Crippen LogP contribution in [0.4, 0.5) is 0 Å². The summed E-state index contributed by atoms with van der Waals surface area (Å²) in [7, 11) is 3.21. The zero-order chi connectivity index (χ0) is 18.1. The molecule has 144 valence electrons. The van der Waals surface area contributed by atoms with Crippen molar-refractivity contribution in [3.8, 4) is 17.2 Å². The van der Waals surface area contributed by atoms with Gasteiger partial charge in [-0.1, -0.05) is 6.07 Å². The Kier molecular flexibility index (Phi) is 5.02. The van der Waals surface area contributed by atoms with Gasteiger partial charge in [0.05, 0.1) is 14.2 Å². The zero-order valence-corrected chi connectivity index (χ0v) is 15.9. The monoisotopic (exact) mass is 361 g/mol. The molecule has 4 bridgehead atoms. The maximum Gasteiger partial charge on any atom is 0.203 e. The second-order valence-electron chi connectivity index (χ2n) is 8.54. The first kappa shape index (κ1) is 17.9. The summed E-state index contributed by atoms with van der Waals surface area (Å²) >= 11 is 0. The molecule has 5 rings (SSSR count). The highest BCUT2D eigenvalue weighted by Gasteiger charge is 2.50. The number of methoxy groups -OCH3 is 2. The molecule has 1 aromatic rings. The summed E-state index contributed by atoms with van der Waals surface area (Å²) in [5.74, 6) is 4.49. The van der Waals surface area contributed by atoms with E-state index in [1.54, 1.807) is 14.2 Å². The van der Waals surface area contributed by atoms with Crippen LogP contribution in [0.5, 0.6) is 17.2 Å². The van der Waals surface area contributed by atoms with Gasteiger partial charge in [0.1, 0.15) is 12.7 Å². The van der Waals surface area contributed by atoms with Crippen molar-refractivity contribution in [3.63, 3.8) is 0 Å². The van der Waals surface area contributed by atoms with E-state index in [0.717, 1.165) is 17.8 Å². The predicted octanol–water partition coefficient (Wildman–Crippen LogP) is 3.00. The standard InChI is InChI=1S/C21H31NO4/c1-24-18-4-3-5-19(25-2)20(18)26-13-17(23)12-22-21-9-14-6-15(10-21)8-16(7-14)11-21/h3-5,14-17,22-23H,6-13H2,1-2H3. The number of β-amino-alcohol motifs (C(OH)–C–C–N with tert-alkyl or cyclic N) is 1. The molecule has 2 N–H and O–H groups in total. The van der Waals surface area contributed by atoms with Crippen LogP contribution in [0.3, 0.4) is 0 Å². The molecule has 1 atom stereocenters. The first-order valence-electron chi connectivity index (χ1n) is 9.87. The molecule has 0 heterocycles.